The van der Waals surface area contributed by atoms with Gasteiger partial charge in [0.25, 0.3) is 11.8 Å². The summed E-state index contributed by atoms with van der Waals surface area (Å²) in [5.74, 6) is 0.242. The van der Waals surface area contributed by atoms with Crippen LogP contribution in [0.1, 0.15) is 40.4 Å². The number of fused-ring (bicyclic) bond motifs is 4. The molecule has 0 aromatic heterocycles. The van der Waals surface area contributed by atoms with Crippen LogP contribution in [-0.2, 0) is 33.0 Å². The van der Waals surface area contributed by atoms with Crippen molar-refractivity contribution in [2.45, 2.75) is 56.8 Å². The molecule has 0 unspecified atom stereocenters. The molecule has 298 valence electrons. The molecule has 3 aliphatic rings. The minimum absolute atomic E-state index is 0.0760. The highest BCUT2D eigenvalue weighted by molar-refractivity contribution is 6.71. The molecule has 3 heterocycles. The molecule has 5 aromatic rings. The number of ether oxygens (including phenoxy) is 3. The van der Waals surface area contributed by atoms with Crippen LogP contribution in [0.25, 0.3) is 0 Å². The summed E-state index contributed by atoms with van der Waals surface area (Å²) in [7, 11) is -1.53. The SMILES string of the molecule is COc1ccc2c(c1)[C@@]1(O[C@H](CC(=O)N(CCO)Cc3ccccc3)[C@@H]([Si](C)(C)O)[C@@H]1C)C(=O)N2Cc1cccc(N2C(=O)c3ccccc3Oc3ccccc32)c1. The van der Waals surface area contributed by atoms with Gasteiger partial charge < -0.3 is 33.9 Å². The lowest BCUT2D eigenvalue weighted by Crippen LogP contribution is -2.46. The van der Waals surface area contributed by atoms with Crippen LogP contribution < -0.4 is 19.3 Å². The summed E-state index contributed by atoms with van der Waals surface area (Å²) in [5.41, 5.74) is 2.54. The second-order valence-corrected chi connectivity index (χ2v) is 19.7. The van der Waals surface area contributed by atoms with Gasteiger partial charge in [0.05, 0.1) is 49.7 Å². The fourth-order valence-corrected chi connectivity index (χ4v) is 11.7. The average Bonchev–Trinajstić information content (AvgIpc) is 3.58. The van der Waals surface area contributed by atoms with Crippen LogP contribution in [0.4, 0.5) is 17.1 Å². The number of methoxy groups -OCH3 is 1. The molecular formula is C46H47N3O8Si. The molecule has 8 rings (SSSR count). The fourth-order valence-electron chi connectivity index (χ4n) is 9.10. The number of carbonyl (C=O) groups is 3. The number of hydrogen-bond acceptors (Lipinski definition) is 8. The molecule has 3 amide bonds. The molecule has 0 radical (unpaired) electrons. The lowest BCUT2D eigenvalue weighted by Gasteiger charge is -2.32. The van der Waals surface area contributed by atoms with Gasteiger partial charge >= 0.3 is 0 Å². The number of benzene rings is 5. The second-order valence-electron chi connectivity index (χ2n) is 15.7. The van der Waals surface area contributed by atoms with Crippen molar-refractivity contribution in [2.75, 3.05) is 30.1 Å². The zero-order valence-corrected chi connectivity index (χ0v) is 34.0. The summed E-state index contributed by atoms with van der Waals surface area (Å²) in [6.07, 6.45) is -0.857. The Labute approximate surface area is 339 Å². The number of rotatable bonds is 11. The molecule has 0 bridgehead atoms. The van der Waals surface area contributed by atoms with Crippen LogP contribution in [0, 0.1) is 5.92 Å². The Hall–Kier alpha value is -5.79. The lowest BCUT2D eigenvalue weighted by molar-refractivity contribution is -0.150. The van der Waals surface area contributed by atoms with Gasteiger partial charge in [-0.1, -0.05) is 73.7 Å². The summed E-state index contributed by atoms with van der Waals surface area (Å²) >= 11 is 0. The smallest absolute Gasteiger partial charge is 0.266 e. The molecule has 5 aromatic carbocycles. The van der Waals surface area contributed by atoms with Gasteiger partial charge in [-0.3, -0.25) is 19.3 Å². The number of amides is 3. The molecule has 3 aliphatic heterocycles. The van der Waals surface area contributed by atoms with E-state index in [-0.39, 0.29) is 43.8 Å². The first kappa shape index (κ1) is 39.1. The predicted molar refractivity (Wildman–Crippen MR) is 223 cm³/mol. The van der Waals surface area contributed by atoms with E-state index in [1.807, 2.05) is 117 Å². The first-order valence-electron chi connectivity index (χ1n) is 19.6. The quantitative estimate of drug-likeness (QED) is 0.131. The van der Waals surface area contributed by atoms with E-state index in [0.29, 0.717) is 52.0 Å². The Kier molecular flexibility index (Phi) is 10.4. The molecule has 1 fully saturated rings. The van der Waals surface area contributed by atoms with E-state index in [1.54, 1.807) is 46.1 Å². The summed E-state index contributed by atoms with van der Waals surface area (Å²) in [4.78, 5) is 60.3. The van der Waals surface area contributed by atoms with E-state index in [9.17, 15) is 19.5 Å². The monoisotopic (exact) mass is 797 g/mol. The van der Waals surface area contributed by atoms with E-state index >= 15 is 4.79 Å². The summed E-state index contributed by atoms with van der Waals surface area (Å²) < 4.78 is 18.9. The summed E-state index contributed by atoms with van der Waals surface area (Å²) in [5, 5.41) is 9.91. The molecule has 0 saturated carbocycles. The number of aliphatic hydroxyl groups is 1. The van der Waals surface area contributed by atoms with Crippen LogP contribution in [0.3, 0.4) is 0 Å². The van der Waals surface area contributed by atoms with Gasteiger partial charge in [-0.25, -0.2) is 0 Å². The van der Waals surface area contributed by atoms with Crippen molar-refractivity contribution in [1.29, 1.82) is 0 Å². The van der Waals surface area contributed by atoms with Gasteiger partial charge in [-0.2, -0.15) is 0 Å². The first-order valence-corrected chi connectivity index (χ1v) is 22.6. The van der Waals surface area contributed by atoms with Crippen molar-refractivity contribution in [3.8, 4) is 17.2 Å². The number of carbonyl (C=O) groups excluding carboxylic acids is 3. The summed E-state index contributed by atoms with van der Waals surface area (Å²) in [6, 6.07) is 37.1. The number of nitrogens with zero attached hydrogens (tertiary/aromatic N) is 3. The van der Waals surface area contributed by atoms with Crippen molar-refractivity contribution in [1.82, 2.24) is 4.90 Å². The van der Waals surface area contributed by atoms with Crippen molar-refractivity contribution in [2.24, 2.45) is 5.92 Å². The highest BCUT2D eigenvalue weighted by Gasteiger charge is 2.66. The lowest BCUT2D eigenvalue weighted by atomic mass is 9.82. The third-order valence-electron chi connectivity index (χ3n) is 11.7. The van der Waals surface area contributed by atoms with Crippen molar-refractivity contribution >= 4 is 43.1 Å². The topological polar surface area (TPSA) is 129 Å². The van der Waals surface area contributed by atoms with Gasteiger partial charge in [0, 0.05) is 35.8 Å². The van der Waals surface area contributed by atoms with Crippen LogP contribution in [-0.4, -0.2) is 67.2 Å². The summed E-state index contributed by atoms with van der Waals surface area (Å²) in [6.45, 7) is 5.95. The van der Waals surface area contributed by atoms with E-state index < -0.39 is 31.5 Å². The van der Waals surface area contributed by atoms with Crippen LogP contribution >= 0.6 is 0 Å². The number of anilines is 3. The van der Waals surface area contributed by atoms with Crippen LogP contribution in [0.5, 0.6) is 17.2 Å². The van der Waals surface area contributed by atoms with Crippen molar-refractivity contribution in [3.05, 3.63) is 144 Å². The van der Waals surface area contributed by atoms with E-state index in [2.05, 4.69) is 0 Å². The van der Waals surface area contributed by atoms with E-state index in [0.717, 1.165) is 11.1 Å². The van der Waals surface area contributed by atoms with Crippen LogP contribution in [0.2, 0.25) is 18.6 Å². The second kappa shape index (κ2) is 15.5. The Morgan fingerprint density at radius 1 is 0.862 bits per heavy atom. The standard InChI is InChI=1S/C46H47N3O8Si/c1-30-43(58(3,4)54)41(27-42(51)47(23-24-50)28-31-13-6-5-7-14-31)57-46(30)36-26-34(55-2)21-22-37(36)48(45(46)53)29-32-15-12-16-33(25-32)49-38-18-9-11-20-40(38)56-39-19-10-8-17-35(39)44(49)52/h5-22,25-26,30,41,43,50,54H,23-24,27-29H2,1-4H3/t30-,41+,43-,46+/m0/s1. The zero-order valence-electron chi connectivity index (χ0n) is 33.0. The Bertz CT molecular complexity index is 2370. The molecule has 1 saturated heterocycles. The third kappa shape index (κ3) is 6.85. The Morgan fingerprint density at radius 3 is 2.31 bits per heavy atom. The molecular weight excluding hydrogens is 751 g/mol. The molecule has 58 heavy (non-hydrogen) atoms. The molecule has 12 heteroatoms. The maximum Gasteiger partial charge on any atom is 0.266 e. The van der Waals surface area contributed by atoms with Gasteiger partial charge in [0.1, 0.15) is 11.5 Å². The van der Waals surface area contributed by atoms with Crippen molar-refractivity contribution in [3.63, 3.8) is 0 Å². The van der Waals surface area contributed by atoms with E-state index in [1.165, 1.54) is 0 Å². The van der Waals surface area contributed by atoms with Crippen LogP contribution in [0.15, 0.2) is 121 Å². The molecule has 2 N–H and O–H groups in total. The highest BCUT2D eigenvalue weighted by Crippen LogP contribution is 2.60. The van der Waals surface area contributed by atoms with Crippen molar-refractivity contribution < 1.29 is 38.5 Å². The van der Waals surface area contributed by atoms with Gasteiger partial charge in [-0.15, -0.1) is 0 Å². The third-order valence-corrected chi connectivity index (χ3v) is 14.2. The number of hydrogen-bond donors (Lipinski definition) is 2. The predicted octanol–water partition coefficient (Wildman–Crippen LogP) is 7.54. The molecule has 0 aliphatic carbocycles. The highest BCUT2D eigenvalue weighted by atomic mass is 28.4. The minimum atomic E-state index is -3.09. The van der Waals surface area contributed by atoms with Gasteiger partial charge in [-0.05, 0) is 78.8 Å². The maximum absolute atomic E-state index is 15.3. The largest absolute Gasteiger partial charge is 0.497 e. The maximum atomic E-state index is 15.3. The molecule has 4 atom stereocenters. The Balaban J connectivity index is 1.14. The number of aliphatic hydroxyl groups excluding tert-OH is 1. The molecule has 1 spiro atoms. The number of para-hydroxylation sites is 3. The normalized spacial score (nSPS) is 21.0. The van der Waals surface area contributed by atoms with E-state index in [4.69, 9.17) is 14.2 Å². The van der Waals surface area contributed by atoms with Gasteiger partial charge in [0.15, 0.2) is 19.7 Å². The van der Waals surface area contributed by atoms with Gasteiger partial charge in [0.2, 0.25) is 5.91 Å². The Morgan fingerprint density at radius 2 is 1.57 bits per heavy atom. The average molecular weight is 798 g/mol. The zero-order chi connectivity index (χ0) is 40.8. The minimum Gasteiger partial charge on any atom is -0.497 e. The first-order chi connectivity index (χ1) is 27.9. The fraction of sp³-hybridized carbons (Fsp3) is 0.283. The molecule has 11 nitrogen and oxygen atoms in total.